The molecule has 6 rings (SSSR count). The predicted octanol–water partition coefficient (Wildman–Crippen LogP) is 9.76. The Morgan fingerprint density at radius 1 is 0.530 bits per heavy atom. The van der Waals surface area contributed by atoms with Crippen molar-refractivity contribution in [3.63, 3.8) is 0 Å². The van der Waals surface area contributed by atoms with E-state index in [1.165, 1.54) is 156 Å². The van der Waals surface area contributed by atoms with Crippen LogP contribution in [0.4, 0.5) is 0 Å². The summed E-state index contributed by atoms with van der Waals surface area (Å²) in [4.78, 5) is 15.0. The summed E-state index contributed by atoms with van der Waals surface area (Å²) in [7, 11) is 6.09. The second kappa shape index (κ2) is 41.5. The summed E-state index contributed by atoms with van der Waals surface area (Å²) in [6.45, 7) is 48.5. The highest BCUT2D eigenvalue weighted by atomic mass is 35.5. The number of methoxy groups -OCH3 is 1. The van der Waals surface area contributed by atoms with Crippen LogP contribution in [0, 0.1) is 0 Å². The van der Waals surface area contributed by atoms with Crippen molar-refractivity contribution < 1.29 is 14.2 Å². The number of rotatable bonds is 18. The van der Waals surface area contributed by atoms with Crippen molar-refractivity contribution in [1.29, 1.82) is 0 Å². The maximum absolute atomic E-state index is 5.93. The van der Waals surface area contributed by atoms with Gasteiger partial charge in [-0.25, -0.2) is 0 Å². The fraction of sp³-hybridized carbons (Fsp3) is 1.00. The van der Waals surface area contributed by atoms with Crippen LogP contribution in [0.2, 0.25) is 0 Å². The largest absolute Gasteiger partial charge is 0.385 e. The Labute approximate surface area is 417 Å². The van der Waals surface area contributed by atoms with E-state index in [-0.39, 0.29) is 5.00 Å². The summed E-state index contributed by atoms with van der Waals surface area (Å²) >= 11 is 5.93. The molecule has 0 aromatic carbocycles. The van der Waals surface area contributed by atoms with E-state index in [1.54, 1.807) is 7.11 Å². The van der Waals surface area contributed by atoms with Crippen LogP contribution in [0.25, 0.3) is 0 Å². The van der Waals surface area contributed by atoms with E-state index in [1.807, 2.05) is 13.8 Å². The fourth-order valence-electron chi connectivity index (χ4n) is 7.97. The molecule has 0 atom stereocenters. The SMILES string of the molecule is CC(C)N1CCCCC1.CC(C)N1CCN(C)CC1.CC(C)NC1(Cl)CC1.CC(C)NC1CC1.CC(C)OCCCN1CCCCC1.CCCN1CCN(C)CC1.COCCCOC(C)C. The number of alkyl halides is 1. The minimum absolute atomic E-state index is 0.00579. The van der Waals surface area contributed by atoms with Crippen LogP contribution < -0.4 is 10.6 Å². The van der Waals surface area contributed by atoms with Gasteiger partial charge >= 0.3 is 0 Å². The van der Waals surface area contributed by atoms with Crippen molar-refractivity contribution in [1.82, 2.24) is 40.0 Å². The molecule has 0 aromatic rings. The predicted molar refractivity (Wildman–Crippen MR) is 290 cm³/mol. The van der Waals surface area contributed by atoms with Gasteiger partial charge in [0.2, 0.25) is 0 Å². The van der Waals surface area contributed by atoms with E-state index in [0.717, 1.165) is 57.2 Å². The number of nitrogens with zero attached hydrogens (tertiary/aromatic N) is 6. The van der Waals surface area contributed by atoms with Crippen molar-refractivity contribution in [3.8, 4) is 0 Å². The number of likely N-dealkylation sites (N-methyl/N-ethyl adjacent to an activating group) is 2. The molecule has 6 aliphatic rings. The van der Waals surface area contributed by atoms with Crippen molar-refractivity contribution >= 4 is 11.6 Å². The van der Waals surface area contributed by atoms with Crippen LogP contribution >= 0.6 is 11.6 Å². The molecular weight excluding hydrogens is 844 g/mol. The number of piperazine rings is 2. The normalized spacial score (nSPS) is 20.8. The minimum Gasteiger partial charge on any atom is -0.385 e. The lowest BCUT2D eigenvalue weighted by Gasteiger charge is -2.34. The Kier molecular flexibility index (Phi) is 41.4. The Morgan fingerprint density at radius 3 is 1.32 bits per heavy atom. The molecule has 2 aliphatic carbocycles. The lowest BCUT2D eigenvalue weighted by molar-refractivity contribution is 0.0609. The van der Waals surface area contributed by atoms with E-state index in [4.69, 9.17) is 25.8 Å². The Morgan fingerprint density at radius 2 is 0.970 bits per heavy atom. The summed E-state index contributed by atoms with van der Waals surface area (Å²) in [6, 6.07) is 3.58. The second-order valence-electron chi connectivity index (χ2n) is 21.6. The number of hydrogen-bond acceptors (Lipinski definition) is 11. The van der Waals surface area contributed by atoms with Gasteiger partial charge in [-0.05, 0) is 187 Å². The highest BCUT2D eigenvalue weighted by Gasteiger charge is 2.40. The third kappa shape index (κ3) is 42.7. The van der Waals surface area contributed by atoms with Gasteiger partial charge < -0.3 is 44.0 Å². The molecule has 398 valence electrons. The summed E-state index contributed by atoms with van der Waals surface area (Å²) < 4.78 is 15.6. The Hall–Kier alpha value is -0.150. The maximum Gasteiger partial charge on any atom is 0.0939 e. The molecule has 0 unspecified atom stereocenters. The summed E-state index contributed by atoms with van der Waals surface area (Å²) in [5, 5.41) is 6.68. The van der Waals surface area contributed by atoms with Gasteiger partial charge in [0.25, 0.3) is 0 Å². The van der Waals surface area contributed by atoms with Gasteiger partial charge in [0.05, 0.1) is 17.2 Å². The number of nitrogens with one attached hydrogen (secondary N) is 2. The van der Waals surface area contributed by atoms with E-state index >= 15 is 0 Å². The average molecular weight is 962 g/mol. The third-order valence-corrected chi connectivity index (χ3v) is 12.9. The van der Waals surface area contributed by atoms with Gasteiger partial charge in [-0.3, -0.25) is 10.2 Å². The van der Waals surface area contributed by atoms with Crippen molar-refractivity contribution in [2.75, 3.05) is 133 Å². The fourth-order valence-corrected chi connectivity index (χ4v) is 8.28. The van der Waals surface area contributed by atoms with Crippen LogP contribution in [0.3, 0.4) is 0 Å². The van der Waals surface area contributed by atoms with E-state index < -0.39 is 0 Å². The first-order valence-corrected chi connectivity index (χ1v) is 27.9. The van der Waals surface area contributed by atoms with Crippen LogP contribution in [-0.4, -0.2) is 209 Å². The van der Waals surface area contributed by atoms with Gasteiger partial charge in [0, 0.05) is 116 Å². The van der Waals surface area contributed by atoms with Crippen LogP contribution in [0.5, 0.6) is 0 Å². The average Bonchev–Trinajstić information content (AvgIpc) is 4.22. The lowest BCUT2D eigenvalue weighted by atomic mass is 10.1. The maximum atomic E-state index is 5.93. The second-order valence-corrected chi connectivity index (χ2v) is 22.3. The van der Waals surface area contributed by atoms with E-state index in [9.17, 15) is 0 Å². The number of hydrogen-bond donors (Lipinski definition) is 2. The molecule has 0 bridgehead atoms. The third-order valence-electron chi connectivity index (χ3n) is 12.4. The zero-order valence-corrected chi connectivity index (χ0v) is 47.8. The van der Waals surface area contributed by atoms with Crippen molar-refractivity contribution in [3.05, 3.63) is 0 Å². The summed E-state index contributed by atoms with van der Waals surface area (Å²) in [5.74, 6) is 0. The van der Waals surface area contributed by atoms with Crippen molar-refractivity contribution in [2.45, 2.75) is 221 Å². The van der Waals surface area contributed by atoms with Gasteiger partial charge in [-0.1, -0.05) is 33.6 Å². The standard InChI is InChI=1S/C11H23NO.2C8H18N2.C8H17N.C7H16O2.C6H12ClN.C6H13N/c1-11(2)13-10-6-9-12-7-4-3-5-8-12;1-8(2)10-6-4-9(3)5-7-10;1-3-4-10-7-5-9(2)6-8-10;1-8(2)9-6-4-3-5-7-9;1-7(2)9-6-4-5-8-3;1-5(2)8-6(7)3-4-6;1-5(2)7-6-3-4-6/h11H,3-10H2,1-2H3;8H,4-7H2,1-3H3;3-8H2,1-2H3;8H,3-7H2,1-2H3;7H,4-6H2,1-3H3;5,8H,3-4H2,1-2H3;5-7H,3-4H2,1-2H3. The first-order chi connectivity index (χ1) is 31.3. The quantitative estimate of drug-likeness (QED) is 0.0785. The summed E-state index contributed by atoms with van der Waals surface area (Å²) in [5.41, 5.74) is 0. The minimum atomic E-state index is -0.00579. The van der Waals surface area contributed by atoms with Gasteiger partial charge in [-0.2, -0.15) is 0 Å². The number of piperidine rings is 2. The molecular formula is C54H117ClN8O3. The molecule has 2 saturated carbocycles. The first-order valence-electron chi connectivity index (χ1n) is 27.5. The summed E-state index contributed by atoms with van der Waals surface area (Å²) in [6.07, 6.45) is 17.8. The number of ether oxygens (including phenoxy) is 3. The number of likely N-dealkylation sites (tertiary alicyclic amines) is 2. The number of halogens is 1. The first kappa shape index (κ1) is 65.8. The molecule has 11 nitrogen and oxygen atoms in total. The lowest BCUT2D eigenvalue weighted by Crippen LogP contribution is -2.47. The van der Waals surface area contributed by atoms with Crippen LogP contribution in [0.15, 0.2) is 0 Å². The van der Waals surface area contributed by atoms with E-state index in [0.29, 0.717) is 24.3 Å². The van der Waals surface area contributed by atoms with Gasteiger partial charge in [-0.15, -0.1) is 11.6 Å². The van der Waals surface area contributed by atoms with Crippen LogP contribution in [0.1, 0.15) is 173 Å². The molecule has 0 spiro atoms. The molecule has 66 heavy (non-hydrogen) atoms. The molecule has 0 amide bonds. The van der Waals surface area contributed by atoms with Crippen molar-refractivity contribution in [2.24, 2.45) is 0 Å². The molecule has 4 aliphatic heterocycles. The highest BCUT2D eigenvalue weighted by molar-refractivity contribution is 6.25. The topological polar surface area (TPSA) is 71.2 Å². The molecule has 6 fully saturated rings. The zero-order valence-electron chi connectivity index (χ0n) is 47.0. The zero-order chi connectivity index (χ0) is 49.8. The molecule has 4 heterocycles. The molecule has 0 radical (unpaired) electrons. The molecule has 4 saturated heterocycles. The highest BCUT2D eigenvalue weighted by Crippen LogP contribution is 2.39. The van der Waals surface area contributed by atoms with Gasteiger partial charge in [0.15, 0.2) is 0 Å². The molecule has 12 heteroatoms. The smallest absolute Gasteiger partial charge is 0.0939 e. The Bertz CT molecular complexity index is 1020. The van der Waals surface area contributed by atoms with E-state index in [2.05, 4.69) is 130 Å². The van der Waals surface area contributed by atoms with Gasteiger partial charge in [0.1, 0.15) is 0 Å². The molecule has 0 aromatic heterocycles. The molecule has 2 N–H and O–H groups in total. The van der Waals surface area contributed by atoms with Crippen LogP contribution in [-0.2, 0) is 14.2 Å². The Balaban J connectivity index is 0.000000752. The monoisotopic (exact) mass is 961 g/mol.